The molecule has 0 saturated carbocycles. The normalized spacial score (nSPS) is 19.6. The van der Waals surface area contributed by atoms with E-state index in [4.69, 9.17) is 4.74 Å². The highest BCUT2D eigenvalue weighted by Crippen LogP contribution is 2.23. The summed E-state index contributed by atoms with van der Waals surface area (Å²) in [4.78, 5) is 11.9. The SMILES string of the molecule is Cc1c(Br)cccc1NC(=O)CC1COCCN1. The summed E-state index contributed by atoms with van der Waals surface area (Å²) < 4.78 is 6.33. The van der Waals surface area contributed by atoms with Gasteiger partial charge in [0.2, 0.25) is 5.91 Å². The molecule has 5 heteroatoms. The van der Waals surface area contributed by atoms with Crippen molar-refractivity contribution in [3.05, 3.63) is 28.2 Å². The lowest BCUT2D eigenvalue weighted by Gasteiger charge is -2.23. The van der Waals surface area contributed by atoms with Gasteiger partial charge in [-0.15, -0.1) is 0 Å². The number of carbonyl (C=O) groups excluding carboxylic acids is 1. The summed E-state index contributed by atoms with van der Waals surface area (Å²) in [5.41, 5.74) is 1.89. The summed E-state index contributed by atoms with van der Waals surface area (Å²) in [5.74, 6) is 0.0131. The van der Waals surface area contributed by atoms with Gasteiger partial charge >= 0.3 is 0 Å². The van der Waals surface area contributed by atoms with E-state index in [2.05, 4.69) is 26.6 Å². The van der Waals surface area contributed by atoms with Gasteiger partial charge in [-0.3, -0.25) is 4.79 Å². The molecule has 1 fully saturated rings. The van der Waals surface area contributed by atoms with Gasteiger partial charge < -0.3 is 15.4 Å². The predicted octanol–water partition coefficient (Wildman–Crippen LogP) is 2.07. The van der Waals surface area contributed by atoms with E-state index in [1.54, 1.807) is 0 Å². The van der Waals surface area contributed by atoms with Crippen LogP contribution in [-0.2, 0) is 9.53 Å². The second-order valence-electron chi connectivity index (χ2n) is 4.39. The van der Waals surface area contributed by atoms with Crippen molar-refractivity contribution in [3.63, 3.8) is 0 Å². The molecule has 0 spiro atoms. The Labute approximate surface area is 115 Å². The minimum absolute atomic E-state index is 0.0131. The Bertz CT molecular complexity index is 431. The van der Waals surface area contributed by atoms with Gasteiger partial charge in [0.05, 0.1) is 13.2 Å². The zero-order valence-corrected chi connectivity index (χ0v) is 11.9. The van der Waals surface area contributed by atoms with E-state index in [1.165, 1.54) is 0 Å². The molecule has 1 aromatic rings. The topological polar surface area (TPSA) is 50.4 Å². The molecule has 1 heterocycles. The van der Waals surface area contributed by atoms with E-state index in [1.807, 2.05) is 25.1 Å². The van der Waals surface area contributed by atoms with E-state index in [-0.39, 0.29) is 11.9 Å². The molecule has 1 atom stereocenters. The molecule has 98 valence electrons. The van der Waals surface area contributed by atoms with Crippen molar-refractivity contribution in [3.8, 4) is 0 Å². The molecule has 0 aromatic heterocycles. The van der Waals surface area contributed by atoms with Crippen LogP contribution in [0, 0.1) is 6.92 Å². The molecule has 4 nitrogen and oxygen atoms in total. The van der Waals surface area contributed by atoms with Crippen LogP contribution in [0.25, 0.3) is 0 Å². The van der Waals surface area contributed by atoms with E-state index in [9.17, 15) is 4.79 Å². The quantitative estimate of drug-likeness (QED) is 0.898. The van der Waals surface area contributed by atoms with Crippen LogP contribution >= 0.6 is 15.9 Å². The third kappa shape index (κ3) is 3.54. The molecule has 1 unspecified atom stereocenters. The minimum atomic E-state index is 0.0131. The van der Waals surface area contributed by atoms with Gasteiger partial charge in [-0.2, -0.15) is 0 Å². The number of halogens is 1. The monoisotopic (exact) mass is 312 g/mol. The second-order valence-corrected chi connectivity index (χ2v) is 5.24. The van der Waals surface area contributed by atoms with E-state index in [0.29, 0.717) is 13.0 Å². The number of morpholine rings is 1. The third-order valence-electron chi connectivity index (χ3n) is 2.97. The summed E-state index contributed by atoms with van der Waals surface area (Å²) in [6.45, 7) is 4.11. The highest BCUT2D eigenvalue weighted by atomic mass is 79.9. The fourth-order valence-electron chi connectivity index (χ4n) is 1.92. The number of hydrogen-bond donors (Lipinski definition) is 2. The predicted molar refractivity (Wildman–Crippen MR) is 74.7 cm³/mol. The third-order valence-corrected chi connectivity index (χ3v) is 3.83. The minimum Gasteiger partial charge on any atom is -0.378 e. The van der Waals surface area contributed by atoms with Crippen molar-refractivity contribution >= 4 is 27.5 Å². The first-order valence-electron chi connectivity index (χ1n) is 6.03. The summed E-state index contributed by atoms with van der Waals surface area (Å²) >= 11 is 3.45. The Morgan fingerprint density at radius 1 is 1.61 bits per heavy atom. The number of carbonyl (C=O) groups is 1. The van der Waals surface area contributed by atoms with Gasteiger partial charge in [-0.1, -0.05) is 22.0 Å². The standard InChI is InChI=1S/C13H17BrN2O2/c1-9-11(14)3-2-4-12(9)16-13(17)7-10-8-18-6-5-15-10/h2-4,10,15H,5-8H2,1H3,(H,16,17). The van der Waals surface area contributed by atoms with Gasteiger partial charge in [0.15, 0.2) is 0 Å². The molecule has 0 aliphatic carbocycles. The summed E-state index contributed by atoms with van der Waals surface area (Å²) in [6.07, 6.45) is 0.436. The second kappa shape index (κ2) is 6.31. The van der Waals surface area contributed by atoms with E-state index >= 15 is 0 Å². The Morgan fingerprint density at radius 3 is 3.17 bits per heavy atom. The van der Waals surface area contributed by atoms with Crippen molar-refractivity contribution in [2.24, 2.45) is 0 Å². The smallest absolute Gasteiger partial charge is 0.226 e. The first-order chi connectivity index (χ1) is 8.66. The Hall–Kier alpha value is -0.910. The zero-order chi connectivity index (χ0) is 13.0. The van der Waals surface area contributed by atoms with Crippen molar-refractivity contribution in [2.75, 3.05) is 25.1 Å². The molecule has 1 aromatic carbocycles. The fraction of sp³-hybridized carbons (Fsp3) is 0.462. The molecule has 0 bridgehead atoms. The van der Waals surface area contributed by atoms with Crippen LogP contribution in [0.4, 0.5) is 5.69 Å². The van der Waals surface area contributed by atoms with Crippen LogP contribution in [0.2, 0.25) is 0 Å². The molecule has 1 amide bonds. The largest absolute Gasteiger partial charge is 0.378 e. The van der Waals surface area contributed by atoms with Crippen molar-refractivity contribution in [2.45, 2.75) is 19.4 Å². The number of nitrogens with one attached hydrogen (secondary N) is 2. The van der Waals surface area contributed by atoms with Crippen LogP contribution < -0.4 is 10.6 Å². The highest BCUT2D eigenvalue weighted by Gasteiger charge is 2.17. The van der Waals surface area contributed by atoms with Gasteiger partial charge in [0, 0.05) is 29.2 Å². The van der Waals surface area contributed by atoms with Crippen LogP contribution in [-0.4, -0.2) is 31.7 Å². The van der Waals surface area contributed by atoms with E-state index in [0.717, 1.165) is 28.9 Å². The lowest BCUT2D eigenvalue weighted by atomic mass is 10.1. The van der Waals surface area contributed by atoms with Gasteiger partial charge in [0.25, 0.3) is 0 Å². The van der Waals surface area contributed by atoms with Crippen molar-refractivity contribution in [1.82, 2.24) is 5.32 Å². The average molecular weight is 313 g/mol. The Kier molecular flexibility index (Phi) is 4.74. The maximum absolute atomic E-state index is 11.9. The zero-order valence-electron chi connectivity index (χ0n) is 10.3. The number of amides is 1. The number of hydrogen-bond acceptors (Lipinski definition) is 3. The fourth-order valence-corrected chi connectivity index (χ4v) is 2.28. The first kappa shape index (κ1) is 13.5. The summed E-state index contributed by atoms with van der Waals surface area (Å²) in [6, 6.07) is 5.89. The molecule has 0 radical (unpaired) electrons. The molecule has 1 aliphatic rings. The summed E-state index contributed by atoms with van der Waals surface area (Å²) in [5, 5.41) is 6.20. The maximum Gasteiger partial charge on any atom is 0.226 e. The maximum atomic E-state index is 11.9. The first-order valence-corrected chi connectivity index (χ1v) is 6.82. The molecular weight excluding hydrogens is 296 g/mol. The molecule has 1 saturated heterocycles. The van der Waals surface area contributed by atoms with Crippen molar-refractivity contribution < 1.29 is 9.53 Å². The number of benzene rings is 1. The van der Waals surface area contributed by atoms with Gasteiger partial charge in [-0.25, -0.2) is 0 Å². The molecule has 18 heavy (non-hydrogen) atoms. The van der Waals surface area contributed by atoms with Crippen LogP contribution in [0.5, 0.6) is 0 Å². The lowest BCUT2D eigenvalue weighted by molar-refractivity contribution is -0.117. The number of ether oxygens (including phenoxy) is 1. The van der Waals surface area contributed by atoms with Crippen molar-refractivity contribution in [1.29, 1.82) is 0 Å². The number of rotatable bonds is 3. The van der Waals surface area contributed by atoms with Crippen LogP contribution in [0.3, 0.4) is 0 Å². The van der Waals surface area contributed by atoms with E-state index < -0.39 is 0 Å². The summed E-state index contributed by atoms with van der Waals surface area (Å²) in [7, 11) is 0. The Balaban J connectivity index is 1.92. The lowest BCUT2D eigenvalue weighted by Crippen LogP contribution is -2.43. The molecule has 2 rings (SSSR count). The Morgan fingerprint density at radius 2 is 2.44 bits per heavy atom. The molecule has 1 aliphatic heterocycles. The highest BCUT2D eigenvalue weighted by molar-refractivity contribution is 9.10. The number of anilines is 1. The van der Waals surface area contributed by atoms with Crippen LogP contribution in [0.15, 0.2) is 22.7 Å². The van der Waals surface area contributed by atoms with Gasteiger partial charge in [-0.05, 0) is 24.6 Å². The van der Waals surface area contributed by atoms with Crippen LogP contribution in [0.1, 0.15) is 12.0 Å². The van der Waals surface area contributed by atoms with Gasteiger partial charge in [0.1, 0.15) is 0 Å². The molecular formula is C13H17BrN2O2. The average Bonchev–Trinajstić information content (AvgIpc) is 2.36. The molecule has 2 N–H and O–H groups in total.